The fourth-order valence-electron chi connectivity index (χ4n) is 1.88. The molecule has 0 bridgehead atoms. The predicted molar refractivity (Wildman–Crippen MR) is 71.9 cm³/mol. The first-order chi connectivity index (χ1) is 8.17. The van der Waals surface area contributed by atoms with Crippen LogP contribution in [0.4, 0.5) is 0 Å². The molecule has 0 aliphatic rings. The van der Waals surface area contributed by atoms with Gasteiger partial charge in [0.1, 0.15) is 0 Å². The summed E-state index contributed by atoms with van der Waals surface area (Å²) in [4.78, 5) is 11.9. The van der Waals surface area contributed by atoms with Crippen molar-refractivity contribution in [3.8, 4) is 0 Å². The SMILES string of the molecule is CCCCCCCCP(=O)([O-])c1ccccc1.[Na+]. The van der Waals surface area contributed by atoms with Gasteiger partial charge in [-0.15, -0.1) is 0 Å². The minimum absolute atomic E-state index is 0. The van der Waals surface area contributed by atoms with Crippen molar-refractivity contribution in [3.63, 3.8) is 0 Å². The summed E-state index contributed by atoms with van der Waals surface area (Å²) < 4.78 is 11.9. The Morgan fingerprint density at radius 3 is 2.17 bits per heavy atom. The van der Waals surface area contributed by atoms with Crippen molar-refractivity contribution in [3.05, 3.63) is 30.3 Å². The molecule has 0 saturated heterocycles. The van der Waals surface area contributed by atoms with Gasteiger partial charge in [-0.2, -0.15) is 0 Å². The molecule has 1 aromatic rings. The maximum atomic E-state index is 11.9. The number of hydrogen-bond acceptors (Lipinski definition) is 2. The number of rotatable bonds is 8. The molecule has 0 aliphatic heterocycles. The molecule has 1 rings (SSSR count). The fraction of sp³-hybridized carbons (Fsp3) is 0.571. The molecule has 1 aromatic carbocycles. The molecule has 0 aliphatic carbocycles. The maximum absolute atomic E-state index is 11.9. The van der Waals surface area contributed by atoms with Gasteiger partial charge in [-0.05, 0) is 17.9 Å². The van der Waals surface area contributed by atoms with Gasteiger partial charge in [-0.1, -0.05) is 69.4 Å². The summed E-state index contributed by atoms with van der Waals surface area (Å²) in [6.45, 7) is 2.18. The maximum Gasteiger partial charge on any atom is 1.00 e. The normalized spacial score (nSPS) is 13.7. The van der Waals surface area contributed by atoms with E-state index in [9.17, 15) is 9.46 Å². The van der Waals surface area contributed by atoms with Crippen LogP contribution in [0.15, 0.2) is 30.3 Å². The van der Waals surface area contributed by atoms with Crippen LogP contribution < -0.4 is 39.8 Å². The van der Waals surface area contributed by atoms with Crippen molar-refractivity contribution < 1.29 is 39.0 Å². The van der Waals surface area contributed by atoms with E-state index in [1.165, 1.54) is 19.3 Å². The van der Waals surface area contributed by atoms with E-state index in [0.29, 0.717) is 11.5 Å². The minimum atomic E-state index is -3.35. The minimum Gasteiger partial charge on any atom is -0.796 e. The molecule has 0 N–H and O–H groups in total. The van der Waals surface area contributed by atoms with Crippen molar-refractivity contribution in [1.82, 2.24) is 0 Å². The van der Waals surface area contributed by atoms with Gasteiger partial charge in [0.15, 0.2) is 0 Å². The van der Waals surface area contributed by atoms with Crippen molar-refractivity contribution >= 4 is 12.7 Å². The molecule has 4 heteroatoms. The van der Waals surface area contributed by atoms with E-state index >= 15 is 0 Å². The molecule has 0 spiro atoms. The molecule has 96 valence electrons. The van der Waals surface area contributed by atoms with E-state index in [0.717, 1.165) is 19.3 Å². The first kappa shape index (κ1) is 18.4. The summed E-state index contributed by atoms with van der Waals surface area (Å²) in [7, 11) is -3.35. The van der Waals surface area contributed by atoms with Crippen LogP contribution in [0, 0.1) is 0 Å². The van der Waals surface area contributed by atoms with Crippen molar-refractivity contribution in [2.75, 3.05) is 6.16 Å². The molecular formula is C14H22NaO2P. The molecule has 0 radical (unpaired) electrons. The van der Waals surface area contributed by atoms with Gasteiger partial charge in [-0.3, -0.25) is 0 Å². The van der Waals surface area contributed by atoms with Crippen LogP contribution in [0.1, 0.15) is 45.4 Å². The molecule has 0 fully saturated rings. The third-order valence-electron chi connectivity index (χ3n) is 2.96. The van der Waals surface area contributed by atoms with Crippen LogP contribution in [-0.4, -0.2) is 6.16 Å². The second-order valence-electron chi connectivity index (χ2n) is 4.50. The van der Waals surface area contributed by atoms with Crippen LogP contribution in [0.5, 0.6) is 0 Å². The standard InChI is InChI=1S/C14H23O2P.Na/c1-2-3-4-5-6-10-13-17(15,16)14-11-8-7-9-12-14;/h7-9,11-12H,2-6,10,13H2,1H3,(H,15,16);/q;+1/p-1. The Labute approximate surface area is 133 Å². The zero-order valence-electron chi connectivity index (χ0n) is 11.6. The van der Waals surface area contributed by atoms with Gasteiger partial charge in [0.2, 0.25) is 0 Å². The van der Waals surface area contributed by atoms with Crippen LogP contribution in [0.25, 0.3) is 0 Å². The Bertz CT molecular complexity index is 354. The number of unbranched alkanes of at least 4 members (excludes halogenated alkanes) is 5. The van der Waals surface area contributed by atoms with Gasteiger partial charge in [-0.25, -0.2) is 0 Å². The average molecular weight is 276 g/mol. The summed E-state index contributed by atoms with van der Waals surface area (Å²) in [6.07, 6.45) is 6.99. The zero-order valence-corrected chi connectivity index (χ0v) is 14.5. The van der Waals surface area contributed by atoms with Crippen LogP contribution >= 0.6 is 7.37 Å². The molecule has 1 atom stereocenters. The second kappa shape index (κ2) is 10.2. The predicted octanol–water partition coefficient (Wildman–Crippen LogP) is 0.315. The molecule has 0 amide bonds. The van der Waals surface area contributed by atoms with Gasteiger partial charge >= 0.3 is 29.6 Å². The Kier molecular flexibility index (Phi) is 10.5. The van der Waals surface area contributed by atoms with E-state index in [2.05, 4.69) is 6.92 Å². The fourth-order valence-corrected chi connectivity index (χ4v) is 3.41. The van der Waals surface area contributed by atoms with Crippen molar-refractivity contribution in [2.24, 2.45) is 0 Å². The van der Waals surface area contributed by atoms with E-state index in [-0.39, 0.29) is 29.6 Å². The first-order valence-electron chi connectivity index (χ1n) is 6.52. The third kappa shape index (κ3) is 7.11. The Morgan fingerprint density at radius 1 is 1.00 bits per heavy atom. The monoisotopic (exact) mass is 276 g/mol. The molecule has 0 aromatic heterocycles. The Hall–Kier alpha value is 0.410. The molecular weight excluding hydrogens is 254 g/mol. The number of benzene rings is 1. The topological polar surface area (TPSA) is 40.1 Å². The van der Waals surface area contributed by atoms with Crippen molar-refractivity contribution in [2.45, 2.75) is 45.4 Å². The molecule has 18 heavy (non-hydrogen) atoms. The van der Waals surface area contributed by atoms with E-state index < -0.39 is 7.37 Å². The largest absolute Gasteiger partial charge is 1.00 e. The van der Waals surface area contributed by atoms with Crippen LogP contribution in [0.3, 0.4) is 0 Å². The Morgan fingerprint density at radius 2 is 1.56 bits per heavy atom. The molecule has 2 nitrogen and oxygen atoms in total. The van der Waals surface area contributed by atoms with Crippen LogP contribution in [0.2, 0.25) is 0 Å². The molecule has 0 heterocycles. The van der Waals surface area contributed by atoms with Gasteiger partial charge in [0.05, 0.1) is 0 Å². The van der Waals surface area contributed by atoms with Gasteiger partial charge in [0.25, 0.3) is 0 Å². The van der Waals surface area contributed by atoms with Crippen LogP contribution in [-0.2, 0) is 4.57 Å². The molecule has 0 saturated carbocycles. The Balaban J connectivity index is 0.00000289. The van der Waals surface area contributed by atoms with E-state index in [1.807, 2.05) is 6.07 Å². The van der Waals surface area contributed by atoms with Gasteiger partial charge < -0.3 is 9.46 Å². The second-order valence-corrected chi connectivity index (χ2v) is 6.81. The van der Waals surface area contributed by atoms with E-state index in [1.54, 1.807) is 24.3 Å². The quantitative estimate of drug-likeness (QED) is 0.390. The van der Waals surface area contributed by atoms with Gasteiger partial charge in [0, 0.05) is 7.37 Å². The summed E-state index contributed by atoms with van der Waals surface area (Å²) in [5.74, 6) is 0. The number of hydrogen-bond donors (Lipinski definition) is 0. The average Bonchev–Trinajstić information content (AvgIpc) is 2.35. The van der Waals surface area contributed by atoms with E-state index in [4.69, 9.17) is 0 Å². The summed E-state index contributed by atoms with van der Waals surface area (Å²) in [6, 6.07) is 8.77. The summed E-state index contributed by atoms with van der Waals surface area (Å²) >= 11 is 0. The van der Waals surface area contributed by atoms with Crippen molar-refractivity contribution in [1.29, 1.82) is 0 Å². The summed E-state index contributed by atoms with van der Waals surface area (Å²) in [5.41, 5.74) is 0. The zero-order chi connectivity index (χ0) is 12.6. The smallest absolute Gasteiger partial charge is 0.796 e. The molecule has 1 unspecified atom stereocenters. The third-order valence-corrected chi connectivity index (χ3v) is 4.95. The first-order valence-corrected chi connectivity index (χ1v) is 8.33. The summed E-state index contributed by atoms with van der Waals surface area (Å²) in [5, 5.41) is 0.480.